The molecule has 0 amide bonds. The molecule has 1 heterocycles. The number of nitrogens with one attached hydrogen (secondary N) is 1. The van der Waals surface area contributed by atoms with Gasteiger partial charge in [0.05, 0.1) is 35.5 Å². The number of aromatic nitrogens is 2. The SMILES string of the molecule is CCc1nn(CCNS(=O)[O-])c(CC)c1Oc1cc(C#N)cc(C#N)c1. The minimum absolute atomic E-state index is 0.218. The summed E-state index contributed by atoms with van der Waals surface area (Å²) in [7, 11) is 0. The van der Waals surface area contributed by atoms with Gasteiger partial charge in [0.25, 0.3) is 0 Å². The summed E-state index contributed by atoms with van der Waals surface area (Å²) >= 11 is -2.32. The van der Waals surface area contributed by atoms with Crippen molar-refractivity contribution in [2.45, 2.75) is 33.2 Å². The Balaban J connectivity index is 2.37. The molecule has 1 atom stereocenters. The van der Waals surface area contributed by atoms with Crippen LogP contribution >= 0.6 is 0 Å². The first-order chi connectivity index (χ1) is 12.5. The summed E-state index contributed by atoms with van der Waals surface area (Å²) < 4.78 is 31.3. The Morgan fingerprint density at radius 2 is 1.88 bits per heavy atom. The van der Waals surface area contributed by atoms with E-state index in [1.54, 1.807) is 16.8 Å². The lowest BCUT2D eigenvalue weighted by Gasteiger charge is -2.11. The molecule has 0 radical (unpaired) electrons. The fourth-order valence-electron chi connectivity index (χ4n) is 2.55. The van der Waals surface area contributed by atoms with Crippen LogP contribution in [0.4, 0.5) is 0 Å². The molecule has 1 unspecified atom stereocenters. The fraction of sp³-hybridized carbons (Fsp3) is 0.353. The Morgan fingerprint density at radius 1 is 1.23 bits per heavy atom. The Kier molecular flexibility index (Phi) is 6.87. The van der Waals surface area contributed by atoms with Crippen molar-refractivity contribution in [3.63, 3.8) is 0 Å². The van der Waals surface area contributed by atoms with Crippen molar-refractivity contribution in [2.24, 2.45) is 0 Å². The van der Waals surface area contributed by atoms with E-state index >= 15 is 0 Å². The van der Waals surface area contributed by atoms with Gasteiger partial charge in [0.1, 0.15) is 11.4 Å². The zero-order valence-corrected chi connectivity index (χ0v) is 15.3. The molecule has 1 N–H and O–H groups in total. The molecule has 0 aliphatic rings. The molecular weight excluding hydrogens is 354 g/mol. The van der Waals surface area contributed by atoms with Crippen molar-refractivity contribution in [1.82, 2.24) is 14.5 Å². The zero-order chi connectivity index (χ0) is 19.1. The van der Waals surface area contributed by atoms with Crippen molar-refractivity contribution in [3.05, 3.63) is 40.7 Å². The number of ether oxygens (including phenoxy) is 1. The molecule has 0 aliphatic carbocycles. The van der Waals surface area contributed by atoms with E-state index in [0.29, 0.717) is 42.0 Å². The Labute approximate surface area is 154 Å². The summed E-state index contributed by atoms with van der Waals surface area (Å²) in [5.41, 5.74) is 2.22. The molecule has 8 nitrogen and oxygen atoms in total. The lowest BCUT2D eigenvalue weighted by atomic mass is 10.1. The van der Waals surface area contributed by atoms with Crippen LogP contribution in [0.3, 0.4) is 0 Å². The molecule has 0 bridgehead atoms. The number of hydrogen-bond acceptors (Lipinski definition) is 6. The van der Waals surface area contributed by atoms with Crippen LogP contribution in [-0.2, 0) is 30.7 Å². The van der Waals surface area contributed by atoms with Crippen molar-refractivity contribution >= 4 is 11.3 Å². The molecule has 1 aromatic heterocycles. The average Bonchev–Trinajstić information content (AvgIpc) is 2.97. The predicted molar refractivity (Wildman–Crippen MR) is 93.9 cm³/mol. The first kappa shape index (κ1) is 19.6. The maximum absolute atomic E-state index is 10.6. The summed E-state index contributed by atoms with van der Waals surface area (Å²) in [6.07, 6.45) is 1.26. The van der Waals surface area contributed by atoms with Gasteiger partial charge in [0.15, 0.2) is 5.75 Å². The molecule has 2 rings (SSSR count). The van der Waals surface area contributed by atoms with Crippen LogP contribution in [0.25, 0.3) is 0 Å². The highest BCUT2D eigenvalue weighted by Gasteiger charge is 2.18. The standard InChI is InChI=1S/C17H19N5O3S/c1-3-15-17(16(4-2)22(21-15)6-5-20-26(23)24)25-14-8-12(10-18)7-13(9-14)11-19/h7-9,20H,3-6H2,1-2H3,(H,23,24)/p-1. The average molecular weight is 372 g/mol. The molecule has 0 saturated carbocycles. The van der Waals surface area contributed by atoms with Crippen LogP contribution in [-0.4, -0.2) is 25.1 Å². The number of aryl methyl sites for hydroxylation is 1. The minimum atomic E-state index is -2.32. The number of rotatable bonds is 8. The summed E-state index contributed by atoms with van der Waals surface area (Å²) in [5.74, 6) is 0.973. The number of benzene rings is 1. The van der Waals surface area contributed by atoms with Gasteiger partial charge in [-0.2, -0.15) is 15.6 Å². The summed E-state index contributed by atoms with van der Waals surface area (Å²) in [4.78, 5) is 0. The maximum Gasteiger partial charge on any atom is 0.171 e. The molecule has 2 aromatic rings. The quantitative estimate of drug-likeness (QED) is 0.705. The molecule has 0 saturated heterocycles. The maximum atomic E-state index is 10.6. The van der Waals surface area contributed by atoms with Crippen LogP contribution in [0.2, 0.25) is 0 Å². The van der Waals surface area contributed by atoms with Crippen LogP contribution in [0.1, 0.15) is 36.4 Å². The van der Waals surface area contributed by atoms with Crippen molar-refractivity contribution in [3.8, 4) is 23.6 Å². The first-order valence-electron chi connectivity index (χ1n) is 8.06. The smallest absolute Gasteiger partial charge is 0.171 e. The monoisotopic (exact) mass is 372 g/mol. The third kappa shape index (κ3) is 4.67. The Hall–Kier alpha value is -2.72. The molecule has 136 valence electrons. The van der Waals surface area contributed by atoms with Crippen LogP contribution in [0, 0.1) is 22.7 Å². The van der Waals surface area contributed by atoms with Gasteiger partial charge in [0, 0.05) is 17.8 Å². The number of nitriles is 2. The fourth-order valence-corrected chi connectivity index (χ4v) is 2.81. The van der Waals surface area contributed by atoms with E-state index in [-0.39, 0.29) is 6.54 Å². The van der Waals surface area contributed by atoms with E-state index in [9.17, 15) is 8.76 Å². The predicted octanol–water partition coefficient (Wildman–Crippen LogP) is 1.93. The highest BCUT2D eigenvalue weighted by Crippen LogP contribution is 2.31. The van der Waals surface area contributed by atoms with Gasteiger partial charge in [-0.1, -0.05) is 13.8 Å². The topological polar surface area (TPSA) is 127 Å². The van der Waals surface area contributed by atoms with E-state index in [1.807, 2.05) is 26.0 Å². The summed E-state index contributed by atoms with van der Waals surface area (Å²) in [6.45, 7) is 4.48. The summed E-state index contributed by atoms with van der Waals surface area (Å²) in [5, 5.41) is 22.7. The van der Waals surface area contributed by atoms with Gasteiger partial charge in [-0.3, -0.25) is 8.89 Å². The largest absolute Gasteiger partial charge is 0.760 e. The number of hydrogen-bond donors (Lipinski definition) is 1. The lowest BCUT2D eigenvalue weighted by Crippen LogP contribution is -2.23. The van der Waals surface area contributed by atoms with Gasteiger partial charge >= 0.3 is 0 Å². The third-order valence-electron chi connectivity index (χ3n) is 3.68. The third-order valence-corrected chi connectivity index (χ3v) is 4.11. The van der Waals surface area contributed by atoms with Crippen LogP contribution in [0.15, 0.2) is 18.2 Å². The molecule has 0 spiro atoms. The molecule has 9 heteroatoms. The second kappa shape index (κ2) is 9.11. The highest BCUT2D eigenvalue weighted by atomic mass is 32.2. The van der Waals surface area contributed by atoms with E-state index in [0.717, 1.165) is 11.4 Å². The van der Waals surface area contributed by atoms with Crippen LogP contribution < -0.4 is 9.46 Å². The molecular formula is C17H18N5O3S-. The Bertz CT molecular complexity index is 863. The normalized spacial score (nSPS) is 11.6. The van der Waals surface area contributed by atoms with E-state index in [2.05, 4.69) is 9.82 Å². The minimum Gasteiger partial charge on any atom is -0.760 e. The van der Waals surface area contributed by atoms with Gasteiger partial charge in [-0.05, 0) is 31.0 Å². The second-order valence-electron chi connectivity index (χ2n) is 5.35. The molecule has 1 aromatic carbocycles. The Morgan fingerprint density at radius 3 is 2.38 bits per heavy atom. The van der Waals surface area contributed by atoms with Gasteiger partial charge < -0.3 is 9.29 Å². The molecule has 26 heavy (non-hydrogen) atoms. The lowest BCUT2D eigenvalue weighted by molar-refractivity contribution is 0.467. The van der Waals surface area contributed by atoms with Gasteiger partial charge in [-0.25, -0.2) is 4.72 Å². The second-order valence-corrected chi connectivity index (χ2v) is 6.11. The summed E-state index contributed by atoms with van der Waals surface area (Å²) in [6, 6.07) is 8.65. The van der Waals surface area contributed by atoms with E-state index < -0.39 is 11.3 Å². The van der Waals surface area contributed by atoms with Crippen LogP contribution in [0.5, 0.6) is 11.5 Å². The van der Waals surface area contributed by atoms with Crippen molar-refractivity contribution in [2.75, 3.05) is 6.54 Å². The van der Waals surface area contributed by atoms with E-state index in [1.165, 1.54) is 6.07 Å². The van der Waals surface area contributed by atoms with Crippen molar-refractivity contribution < 1.29 is 13.5 Å². The molecule has 0 fully saturated rings. The highest BCUT2D eigenvalue weighted by molar-refractivity contribution is 7.77. The zero-order valence-electron chi connectivity index (χ0n) is 14.5. The molecule has 0 aliphatic heterocycles. The first-order valence-corrected chi connectivity index (χ1v) is 9.14. The number of nitrogens with zero attached hydrogens (tertiary/aromatic N) is 4. The van der Waals surface area contributed by atoms with Gasteiger partial charge in [-0.15, -0.1) is 0 Å². The van der Waals surface area contributed by atoms with E-state index in [4.69, 9.17) is 15.3 Å². The van der Waals surface area contributed by atoms with Crippen molar-refractivity contribution in [1.29, 1.82) is 10.5 Å². The van der Waals surface area contributed by atoms with Gasteiger partial charge in [0.2, 0.25) is 0 Å².